The lowest BCUT2D eigenvalue weighted by Crippen LogP contribution is -2.38. The fraction of sp³-hybridized carbons (Fsp3) is 0.462. The van der Waals surface area contributed by atoms with E-state index in [4.69, 9.17) is 0 Å². The molecule has 1 aromatic carbocycles. The number of nitro benzene ring substituents is 1. The Labute approximate surface area is 105 Å². The van der Waals surface area contributed by atoms with E-state index in [2.05, 4.69) is 5.32 Å². The topological polar surface area (TPSA) is 72.2 Å². The molecule has 1 amide bonds. The summed E-state index contributed by atoms with van der Waals surface area (Å²) in [4.78, 5) is 21.5. The molecule has 0 bridgehead atoms. The Kier molecular flexibility index (Phi) is 3.32. The van der Waals surface area contributed by atoms with Crippen molar-refractivity contribution >= 4 is 11.6 Å². The standard InChI is InChI=1S/C13H16N2O3/c1-2-12(16)14-13(7-8-13)9-10-3-5-11(6-4-10)15(17)18/h3-6H,2,7-9H2,1H3,(H,14,16). The lowest BCUT2D eigenvalue weighted by atomic mass is 10.0. The molecule has 5 heteroatoms. The zero-order valence-corrected chi connectivity index (χ0v) is 10.3. The predicted molar refractivity (Wildman–Crippen MR) is 67.2 cm³/mol. The van der Waals surface area contributed by atoms with E-state index in [1.165, 1.54) is 12.1 Å². The summed E-state index contributed by atoms with van der Waals surface area (Å²) < 4.78 is 0. The van der Waals surface area contributed by atoms with E-state index < -0.39 is 4.92 Å². The molecule has 96 valence electrons. The maximum Gasteiger partial charge on any atom is 0.269 e. The van der Waals surface area contributed by atoms with Crippen molar-refractivity contribution in [3.63, 3.8) is 0 Å². The summed E-state index contributed by atoms with van der Waals surface area (Å²) in [6.07, 6.45) is 3.20. The first-order valence-corrected chi connectivity index (χ1v) is 6.09. The molecule has 0 radical (unpaired) electrons. The van der Waals surface area contributed by atoms with E-state index in [0.717, 1.165) is 24.8 Å². The lowest BCUT2D eigenvalue weighted by molar-refractivity contribution is -0.384. The number of hydrogen-bond acceptors (Lipinski definition) is 3. The quantitative estimate of drug-likeness (QED) is 0.641. The smallest absolute Gasteiger partial charge is 0.269 e. The summed E-state index contributed by atoms with van der Waals surface area (Å²) in [5.74, 6) is 0.0643. The fourth-order valence-electron chi connectivity index (χ4n) is 2.01. The molecule has 0 spiro atoms. The van der Waals surface area contributed by atoms with Gasteiger partial charge in [0, 0.05) is 24.1 Å². The number of hydrogen-bond donors (Lipinski definition) is 1. The van der Waals surface area contributed by atoms with Crippen molar-refractivity contribution < 1.29 is 9.72 Å². The van der Waals surface area contributed by atoms with Crippen LogP contribution >= 0.6 is 0 Å². The van der Waals surface area contributed by atoms with Gasteiger partial charge in [0.2, 0.25) is 5.91 Å². The molecule has 18 heavy (non-hydrogen) atoms. The van der Waals surface area contributed by atoms with E-state index in [1.54, 1.807) is 12.1 Å². The Hall–Kier alpha value is -1.91. The molecule has 1 aromatic rings. The third-order valence-electron chi connectivity index (χ3n) is 3.27. The van der Waals surface area contributed by atoms with Gasteiger partial charge in [-0.3, -0.25) is 14.9 Å². The number of benzene rings is 1. The Morgan fingerprint density at radius 2 is 2.00 bits per heavy atom. The van der Waals surface area contributed by atoms with Crippen LogP contribution in [-0.2, 0) is 11.2 Å². The van der Waals surface area contributed by atoms with Crippen molar-refractivity contribution in [3.05, 3.63) is 39.9 Å². The van der Waals surface area contributed by atoms with Gasteiger partial charge in [-0.25, -0.2) is 0 Å². The van der Waals surface area contributed by atoms with Gasteiger partial charge < -0.3 is 5.32 Å². The molecule has 5 nitrogen and oxygen atoms in total. The molecule has 0 heterocycles. The number of nitrogens with one attached hydrogen (secondary N) is 1. The van der Waals surface area contributed by atoms with Crippen molar-refractivity contribution in [3.8, 4) is 0 Å². The zero-order chi connectivity index (χ0) is 13.2. The highest BCUT2D eigenvalue weighted by atomic mass is 16.6. The zero-order valence-electron chi connectivity index (χ0n) is 10.3. The second kappa shape index (κ2) is 4.76. The van der Waals surface area contributed by atoms with E-state index in [9.17, 15) is 14.9 Å². The molecule has 0 atom stereocenters. The number of nitrogens with zero attached hydrogens (tertiary/aromatic N) is 1. The van der Waals surface area contributed by atoms with Gasteiger partial charge in [-0.05, 0) is 24.8 Å². The highest BCUT2D eigenvalue weighted by Gasteiger charge is 2.43. The summed E-state index contributed by atoms with van der Waals surface area (Å²) in [6, 6.07) is 6.53. The van der Waals surface area contributed by atoms with Crippen LogP contribution in [0.1, 0.15) is 31.7 Å². The molecule has 1 saturated carbocycles. The molecule has 0 aliphatic heterocycles. The second-order valence-corrected chi connectivity index (χ2v) is 4.78. The number of carbonyl (C=O) groups excluding carboxylic acids is 1. The largest absolute Gasteiger partial charge is 0.350 e. The molecule has 0 aromatic heterocycles. The molecule has 0 unspecified atom stereocenters. The minimum atomic E-state index is -0.407. The van der Waals surface area contributed by atoms with Crippen molar-refractivity contribution in [2.75, 3.05) is 0 Å². The Morgan fingerprint density at radius 3 is 2.44 bits per heavy atom. The summed E-state index contributed by atoms with van der Waals surface area (Å²) in [6.45, 7) is 1.83. The van der Waals surface area contributed by atoms with Crippen LogP contribution in [0.4, 0.5) is 5.69 Å². The van der Waals surface area contributed by atoms with Crippen molar-refractivity contribution in [2.45, 2.75) is 38.1 Å². The van der Waals surface area contributed by atoms with Crippen LogP contribution in [0.5, 0.6) is 0 Å². The van der Waals surface area contributed by atoms with Crippen molar-refractivity contribution in [1.82, 2.24) is 5.32 Å². The highest BCUT2D eigenvalue weighted by molar-refractivity contribution is 5.77. The van der Waals surface area contributed by atoms with E-state index in [1.807, 2.05) is 6.92 Å². The molecule has 1 fully saturated rings. The number of carbonyl (C=O) groups is 1. The van der Waals surface area contributed by atoms with Gasteiger partial charge in [-0.2, -0.15) is 0 Å². The van der Waals surface area contributed by atoms with E-state index >= 15 is 0 Å². The Balaban J connectivity index is 2.01. The first-order chi connectivity index (χ1) is 8.54. The highest BCUT2D eigenvalue weighted by Crippen LogP contribution is 2.38. The lowest BCUT2D eigenvalue weighted by Gasteiger charge is -2.16. The van der Waals surface area contributed by atoms with E-state index in [-0.39, 0.29) is 17.1 Å². The van der Waals surface area contributed by atoms with Crippen LogP contribution in [-0.4, -0.2) is 16.4 Å². The average molecular weight is 248 g/mol. The summed E-state index contributed by atoms with van der Waals surface area (Å²) in [5.41, 5.74) is 1.01. The van der Waals surface area contributed by atoms with Crippen LogP contribution in [0, 0.1) is 10.1 Å². The molecule has 2 rings (SSSR count). The van der Waals surface area contributed by atoms with Crippen LogP contribution in [0.15, 0.2) is 24.3 Å². The normalized spacial score (nSPS) is 16.1. The summed E-state index contributed by atoms with van der Waals surface area (Å²) >= 11 is 0. The molecule has 1 aliphatic carbocycles. The van der Waals surface area contributed by atoms with Gasteiger partial charge in [-0.1, -0.05) is 19.1 Å². The van der Waals surface area contributed by atoms with Gasteiger partial charge in [0.05, 0.1) is 4.92 Å². The first-order valence-electron chi connectivity index (χ1n) is 6.09. The van der Waals surface area contributed by atoms with Crippen molar-refractivity contribution in [1.29, 1.82) is 0 Å². The SMILES string of the molecule is CCC(=O)NC1(Cc2ccc([N+](=O)[O-])cc2)CC1. The number of non-ortho nitro benzene ring substituents is 1. The van der Waals surface area contributed by atoms with Gasteiger partial charge >= 0.3 is 0 Å². The fourth-order valence-corrected chi connectivity index (χ4v) is 2.01. The maximum atomic E-state index is 11.4. The maximum absolute atomic E-state index is 11.4. The molecule has 1 N–H and O–H groups in total. The van der Waals surface area contributed by atoms with Gasteiger partial charge in [-0.15, -0.1) is 0 Å². The van der Waals surface area contributed by atoms with Crippen LogP contribution in [0.25, 0.3) is 0 Å². The Bertz CT molecular complexity index is 464. The number of rotatable bonds is 5. The second-order valence-electron chi connectivity index (χ2n) is 4.78. The van der Waals surface area contributed by atoms with Crippen LogP contribution in [0.2, 0.25) is 0 Å². The monoisotopic (exact) mass is 248 g/mol. The Morgan fingerprint density at radius 1 is 1.39 bits per heavy atom. The summed E-state index contributed by atoms with van der Waals surface area (Å²) in [7, 11) is 0. The third kappa shape index (κ3) is 2.85. The molecular formula is C13H16N2O3. The van der Waals surface area contributed by atoms with Crippen molar-refractivity contribution in [2.24, 2.45) is 0 Å². The minimum Gasteiger partial charge on any atom is -0.350 e. The first kappa shape index (κ1) is 12.5. The number of nitro groups is 1. The minimum absolute atomic E-state index is 0.0643. The van der Waals surface area contributed by atoms with Crippen LogP contribution < -0.4 is 5.32 Å². The van der Waals surface area contributed by atoms with E-state index in [0.29, 0.717) is 6.42 Å². The third-order valence-corrected chi connectivity index (χ3v) is 3.27. The van der Waals surface area contributed by atoms with Gasteiger partial charge in [0.1, 0.15) is 0 Å². The number of amides is 1. The predicted octanol–water partition coefficient (Wildman–Crippen LogP) is 2.20. The summed E-state index contributed by atoms with van der Waals surface area (Å²) in [5, 5.41) is 13.6. The molecule has 1 aliphatic rings. The average Bonchev–Trinajstić information content (AvgIpc) is 3.09. The van der Waals surface area contributed by atoms with Crippen LogP contribution in [0.3, 0.4) is 0 Å². The van der Waals surface area contributed by atoms with Gasteiger partial charge in [0.15, 0.2) is 0 Å². The molecular weight excluding hydrogens is 232 g/mol. The molecule has 0 saturated heterocycles. The van der Waals surface area contributed by atoms with Gasteiger partial charge in [0.25, 0.3) is 5.69 Å².